The highest BCUT2D eigenvalue weighted by Gasteiger charge is 2.74. The molecule has 0 amide bonds. The summed E-state index contributed by atoms with van der Waals surface area (Å²) in [6.07, 6.45) is 1.71. The first kappa shape index (κ1) is 31.6. The minimum absolute atomic E-state index is 0.124. The number of allylic oxidation sites excluding steroid dienone is 1. The summed E-state index contributed by atoms with van der Waals surface area (Å²) < 4.78 is 11.2. The van der Waals surface area contributed by atoms with Gasteiger partial charge >= 0.3 is 11.9 Å². The maximum Gasteiger partial charge on any atom is 0.305 e. The molecule has 4 rings (SSSR count). The lowest BCUT2D eigenvalue weighted by molar-refractivity contribution is -0.176. The van der Waals surface area contributed by atoms with Crippen LogP contribution in [0.1, 0.15) is 107 Å². The van der Waals surface area contributed by atoms with Crippen molar-refractivity contribution < 1.29 is 38.6 Å². The molecule has 228 valence electrons. The SMILES string of the molecule is CCCCOC(=O)CCC(C)C1CC(=O)C2(C)C3=C(C(=O)C(OC(C)=O)C12C)C1(C)CCC(O)C(C)(C)C1CC3=O. The highest BCUT2D eigenvalue weighted by atomic mass is 16.5. The molecule has 8 heteroatoms. The third kappa shape index (κ3) is 4.54. The highest BCUT2D eigenvalue weighted by Crippen LogP contribution is 2.70. The van der Waals surface area contributed by atoms with Gasteiger partial charge in [0, 0.05) is 48.2 Å². The van der Waals surface area contributed by atoms with Gasteiger partial charge in [0.2, 0.25) is 5.78 Å². The number of esters is 2. The third-order valence-electron chi connectivity index (χ3n) is 11.8. The summed E-state index contributed by atoms with van der Waals surface area (Å²) in [5, 5.41) is 10.9. The van der Waals surface area contributed by atoms with E-state index < -0.39 is 51.5 Å². The molecule has 0 spiro atoms. The Morgan fingerprint density at radius 1 is 1.05 bits per heavy atom. The lowest BCUT2D eigenvalue weighted by Gasteiger charge is -2.61. The maximum atomic E-state index is 14.6. The summed E-state index contributed by atoms with van der Waals surface area (Å²) in [5.41, 5.74) is -3.26. The second kappa shape index (κ2) is 10.7. The molecule has 0 aromatic heterocycles. The fourth-order valence-electron chi connectivity index (χ4n) is 9.11. The second-order valence-electron chi connectivity index (χ2n) is 14.3. The van der Waals surface area contributed by atoms with E-state index in [4.69, 9.17) is 9.47 Å². The summed E-state index contributed by atoms with van der Waals surface area (Å²) in [6, 6.07) is 0. The smallest absolute Gasteiger partial charge is 0.305 e. The number of aliphatic hydroxyl groups is 1. The molecular formula is C33H48O8. The zero-order valence-corrected chi connectivity index (χ0v) is 26.1. The number of carbonyl (C=O) groups is 5. The molecule has 0 aromatic rings. The predicted octanol–water partition coefficient (Wildman–Crippen LogP) is 4.93. The van der Waals surface area contributed by atoms with Gasteiger partial charge in [-0.05, 0) is 55.8 Å². The largest absolute Gasteiger partial charge is 0.466 e. The lowest BCUT2D eigenvalue weighted by Crippen LogP contribution is -2.65. The molecule has 0 saturated heterocycles. The Morgan fingerprint density at radius 2 is 1.71 bits per heavy atom. The normalized spacial score (nSPS) is 38.6. The molecule has 4 aliphatic rings. The lowest BCUT2D eigenvalue weighted by atomic mass is 9.42. The van der Waals surface area contributed by atoms with E-state index >= 15 is 0 Å². The number of fused-ring (bicyclic) bond motifs is 4. The van der Waals surface area contributed by atoms with Crippen LogP contribution in [0.4, 0.5) is 0 Å². The van der Waals surface area contributed by atoms with Crippen LogP contribution in [0.25, 0.3) is 0 Å². The predicted molar refractivity (Wildman–Crippen MR) is 151 cm³/mol. The molecule has 2 fully saturated rings. The molecule has 0 aliphatic heterocycles. The quantitative estimate of drug-likeness (QED) is 0.321. The zero-order chi connectivity index (χ0) is 30.7. The first-order chi connectivity index (χ1) is 19.0. The van der Waals surface area contributed by atoms with E-state index in [9.17, 15) is 29.1 Å². The van der Waals surface area contributed by atoms with Crippen molar-refractivity contribution in [3.8, 4) is 0 Å². The Kier molecular flexibility index (Phi) is 8.27. The van der Waals surface area contributed by atoms with Crippen LogP contribution in [-0.4, -0.2) is 53.2 Å². The molecule has 1 N–H and O–H groups in total. The van der Waals surface area contributed by atoms with Crippen LogP contribution in [0.2, 0.25) is 0 Å². The van der Waals surface area contributed by atoms with Gasteiger partial charge in [0.25, 0.3) is 0 Å². The molecule has 8 nitrogen and oxygen atoms in total. The summed E-state index contributed by atoms with van der Waals surface area (Å²) in [5.74, 6) is -2.55. The number of Topliss-reactive ketones (excluding diaryl/α,β-unsaturated/α-hetero) is 3. The van der Waals surface area contributed by atoms with Crippen LogP contribution >= 0.6 is 0 Å². The van der Waals surface area contributed by atoms with Crippen molar-refractivity contribution in [3.63, 3.8) is 0 Å². The van der Waals surface area contributed by atoms with Gasteiger partial charge in [-0.25, -0.2) is 0 Å². The molecule has 0 aromatic carbocycles. The molecule has 2 saturated carbocycles. The zero-order valence-electron chi connectivity index (χ0n) is 26.1. The van der Waals surface area contributed by atoms with E-state index in [1.807, 2.05) is 41.5 Å². The molecule has 0 bridgehead atoms. The van der Waals surface area contributed by atoms with E-state index in [2.05, 4.69) is 0 Å². The standard InChI is InChI=1S/C33H48O8/c1-9-10-15-40-25(38)12-11-18(2)20-16-24(37)33(8)26-21(35)17-22-30(4,5)23(36)13-14-31(22,6)27(26)28(39)29(32(20,33)7)41-19(3)34/h18,20,22-23,29,36H,9-17H2,1-8H3. The topological polar surface area (TPSA) is 124 Å². The van der Waals surface area contributed by atoms with E-state index in [1.165, 1.54) is 6.92 Å². The van der Waals surface area contributed by atoms with Gasteiger partial charge in [-0.15, -0.1) is 0 Å². The molecule has 8 unspecified atom stereocenters. The second-order valence-corrected chi connectivity index (χ2v) is 14.3. The number of carbonyl (C=O) groups excluding carboxylic acids is 5. The van der Waals surface area contributed by atoms with E-state index in [0.717, 1.165) is 12.8 Å². The Morgan fingerprint density at radius 3 is 2.32 bits per heavy atom. The van der Waals surface area contributed by atoms with Gasteiger partial charge in [-0.3, -0.25) is 24.0 Å². The number of rotatable bonds is 8. The van der Waals surface area contributed by atoms with Crippen LogP contribution in [0.15, 0.2) is 11.1 Å². The first-order valence-corrected chi connectivity index (χ1v) is 15.4. The maximum absolute atomic E-state index is 14.6. The van der Waals surface area contributed by atoms with E-state index in [1.54, 1.807) is 6.92 Å². The molecule has 0 radical (unpaired) electrons. The summed E-state index contributed by atoms with van der Waals surface area (Å²) in [6.45, 7) is 15.1. The Bertz CT molecular complexity index is 1180. The van der Waals surface area contributed by atoms with Gasteiger partial charge in [0.05, 0.1) is 18.1 Å². The van der Waals surface area contributed by atoms with Gasteiger partial charge < -0.3 is 14.6 Å². The monoisotopic (exact) mass is 572 g/mol. The Balaban J connectivity index is 1.82. The molecule has 8 atom stereocenters. The van der Waals surface area contributed by atoms with Crippen molar-refractivity contribution in [2.45, 2.75) is 119 Å². The van der Waals surface area contributed by atoms with Crippen LogP contribution in [0.5, 0.6) is 0 Å². The average molecular weight is 573 g/mol. The highest BCUT2D eigenvalue weighted by molar-refractivity contribution is 6.18. The number of ether oxygens (including phenoxy) is 2. The number of unbranched alkanes of at least 4 members (excludes halogenated alkanes) is 1. The number of hydrogen-bond donors (Lipinski definition) is 1. The van der Waals surface area contributed by atoms with Crippen molar-refractivity contribution >= 4 is 29.3 Å². The van der Waals surface area contributed by atoms with Crippen LogP contribution < -0.4 is 0 Å². The molecular weight excluding hydrogens is 524 g/mol. The van der Waals surface area contributed by atoms with Crippen LogP contribution in [0.3, 0.4) is 0 Å². The van der Waals surface area contributed by atoms with Crippen LogP contribution in [-0.2, 0) is 33.4 Å². The fraction of sp³-hybridized carbons (Fsp3) is 0.788. The van der Waals surface area contributed by atoms with Gasteiger partial charge in [0.15, 0.2) is 11.9 Å². The average Bonchev–Trinajstić information content (AvgIpc) is 3.10. The third-order valence-corrected chi connectivity index (χ3v) is 11.8. The van der Waals surface area contributed by atoms with Crippen molar-refractivity contribution in [1.82, 2.24) is 0 Å². The van der Waals surface area contributed by atoms with E-state index in [0.29, 0.717) is 31.4 Å². The van der Waals surface area contributed by atoms with Gasteiger partial charge in [0.1, 0.15) is 5.78 Å². The number of hydrogen-bond acceptors (Lipinski definition) is 8. The minimum Gasteiger partial charge on any atom is -0.466 e. The van der Waals surface area contributed by atoms with Crippen molar-refractivity contribution in [1.29, 1.82) is 0 Å². The van der Waals surface area contributed by atoms with E-state index in [-0.39, 0.29) is 54.2 Å². The van der Waals surface area contributed by atoms with Crippen LogP contribution in [0, 0.1) is 39.4 Å². The first-order valence-electron chi connectivity index (χ1n) is 15.4. The number of ketones is 3. The molecule has 0 heterocycles. The Hall–Kier alpha value is -2.35. The summed E-state index contributed by atoms with van der Waals surface area (Å²) >= 11 is 0. The van der Waals surface area contributed by atoms with Gasteiger partial charge in [-0.1, -0.05) is 48.0 Å². The molecule has 4 aliphatic carbocycles. The minimum atomic E-state index is -1.33. The van der Waals surface area contributed by atoms with Gasteiger partial charge in [-0.2, -0.15) is 0 Å². The van der Waals surface area contributed by atoms with Crippen molar-refractivity contribution in [2.24, 2.45) is 39.4 Å². The fourth-order valence-corrected chi connectivity index (χ4v) is 9.11. The summed E-state index contributed by atoms with van der Waals surface area (Å²) in [4.78, 5) is 67.8. The van der Waals surface area contributed by atoms with Crippen molar-refractivity contribution in [3.05, 3.63) is 11.1 Å². The summed E-state index contributed by atoms with van der Waals surface area (Å²) in [7, 11) is 0. The number of aliphatic hydroxyl groups excluding tert-OH is 1. The Labute approximate surface area is 244 Å². The molecule has 41 heavy (non-hydrogen) atoms. The van der Waals surface area contributed by atoms with Crippen molar-refractivity contribution in [2.75, 3.05) is 6.61 Å².